The summed E-state index contributed by atoms with van der Waals surface area (Å²) in [7, 11) is -0.872. The second kappa shape index (κ2) is 5.51. The predicted octanol–water partition coefficient (Wildman–Crippen LogP) is 2.97. The highest BCUT2D eigenvalue weighted by molar-refractivity contribution is 9.10. The summed E-state index contributed by atoms with van der Waals surface area (Å²) >= 11 is 6.94. The van der Waals surface area contributed by atoms with Crippen molar-refractivity contribution in [2.45, 2.75) is 17.8 Å². The van der Waals surface area contributed by atoms with Crippen LogP contribution in [0, 0.1) is 0 Å². The topological polar surface area (TPSA) is 37.4 Å². The van der Waals surface area contributed by atoms with Gasteiger partial charge in [-0.25, -0.2) is 8.42 Å². The molecular weight excluding hydrogens is 382 g/mol. The summed E-state index contributed by atoms with van der Waals surface area (Å²) < 4.78 is 24.1. The molecule has 18 heavy (non-hydrogen) atoms. The molecule has 1 atom stereocenters. The van der Waals surface area contributed by atoms with Gasteiger partial charge in [0.2, 0.25) is 0 Å². The molecule has 1 fully saturated rings. The van der Waals surface area contributed by atoms with Crippen molar-refractivity contribution in [1.82, 2.24) is 0 Å². The Bertz CT molecular complexity index is 545. The highest BCUT2D eigenvalue weighted by Crippen LogP contribution is 2.30. The summed E-state index contributed by atoms with van der Waals surface area (Å²) in [5, 5.41) is 0.763. The number of benzene rings is 1. The molecular formula is C12H15Br2NO2S. The fraction of sp³-hybridized carbons (Fsp3) is 0.500. The monoisotopic (exact) mass is 395 g/mol. The SMILES string of the molecule is CN(c1cc(Br)ccc1CBr)C1CCS(=O)(=O)C1. The molecule has 1 heterocycles. The van der Waals surface area contributed by atoms with Crippen molar-refractivity contribution in [2.24, 2.45) is 0 Å². The molecule has 1 unspecified atom stereocenters. The lowest BCUT2D eigenvalue weighted by Gasteiger charge is -2.27. The molecule has 100 valence electrons. The molecule has 1 aliphatic rings. The zero-order chi connectivity index (χ0) is 13.3. The molecule has 0 aromatic heterocycles. The lowest BCUT2D eigenvalue weighted by atomic mass is 10.1. The average Bonchev–Trinajstić information content (AvgIpc) is 2.68. The zero-order valence-corrected chi connectivity index (χ0v) is 14.1. The Balaban J connectivity index is 2.28. The summed E-state index contributed by atoms with van der Waals surface area (Å²) in [6, 6.07) is 6.18. The second-order valence-electron chi connectivity index (χ2n) is 4.57. The number of rotatable bonds is 3. The summed E-state index contributed by atoms with van der Waals surface area (Å²) in [5.74, 6) is 0.567. The van der Waals surface area contributed by atoms with Crippen LogP contribution in [0.2, 0.25) is 0 Å². The molecule has 0 aliphatic carbocycles. The Labute approximate surface area is 125 Å². The van der Waals surface area contributed by atoms with Gasteiger partial charge in [0.1, 0.15) is 0 Å². The first-order valence-corrected chi connectivity index (χ1v) is 9.44. The molecule has 1 aromatic rings. The van der Waals surface area contributed by atoms with Crippen molar-refractivity contribution in [3.63, 3.8) is 0 Å². The van der Waals surface area contributed by atoms with Gasteiger partial charge in [0, 0.05) is 28.6 Å². The Kier molecular flexibility index (Phi) is 4.39. The summed E-state index contributed by atoms with van der Waals surface area (Å²) in [6.07, 6.45) is 0.715. The van der Waals surface area contributed by atoms with Crippen LogP contribution in [0.15, 0.2) is 22.7 Å². The van der Waals surface area contributed by atoms with Crippen molar-refractivity contribution in [1.29, 1.82) is 0 Å². The number of anilines is 1. The van der Waals surface area contributed by atoms with Gasteiger partial charge in [-0.05, 0) is 24.1 Å². The van der Waals surface area contributed by atoms with Gasteiger partial charge >= 0.3 is 0 Å². The quantitative estimate of drug-likeness (QED) is 0.737. The Morgan fingerprint density at radius 3 is 2.72 bits per heavy atom. The number of hydrogen-bond donors (Lipinski definition) is 0. The maximum absolute atomic E-state index is 11.6. The van der Waals surface area contributed by atoms with Crippen LogP contribution in [0.4, 0.5) is 5.69 Å². The molecule has 0 amide bonds. The van der Waals surface area contributed by atoms with Crippen molar-refractivity contribution < 1.29 is 8.42 Å². The predicted molar refractivity (Wildman–Crippen MR) is 82.2 cm³/mol. The summed E-state index contributed by atoms with van der Waals surface area (Å²) in [6.45, 7) is 0. The van der Waals surface area contributed by atoms with Crippen molar-refractivity contribution in [2.75, 3.05) is 23.5 Å². The third-order valence-corrected chi connectivity index (χ3v) is 6.18. The van der Waals surface area contributed by atoms with E-state index in [0.717, 1.165) is 15.5 Å². The second-order valence-corrected chi connectivity index (χ2v) is 8.28. The number of halogens is 2. The van der Waals surface area contributed by atoms with Gasteiger partial charge in [0.05, 0.1) is 11.5 Å². The molecule has 1 aromatic carbocycles. The van der Waals surface area contributed by atoms with Gasteiger partial charge in [0.15, 0.2) is 9.84 Å². The number of hydrogen-bond acceptors (Lipinski definition) is 3. The van der Waals surface area contributed by atoms with E-state index in [1.54, 1.807) is 0 Å². The van der Waals surface area contributed by atoms with Gasteiger partial charge in [-0.1, -0.05) is 37.9 Å². The highest BCUT2D eigenvalue weighted by atomic mass is 79.9. The van der Waals surface area contributed by atoms with E-state index in [1.807, 2.05) is 25.2 Å². The van der Waals surface area contributed by atoms with Gasteiger partial charge in [-0.3, -0.25) is 0 Å². The Morgan fingerprint density at radius 2 is 2.17 bits per heavy atom. The first-order chi connectivity index (χ1) is 8.43. The van der Waals surface area contributed by atoms with Crippen LogP contribution in [0.25, 0.3) is 0 Å². The van der Waals surface area contributed by atoms with Gasteiger partial charge in [-0.15, -0.1) is 0 Å². The highest BCUT2D eigenvalue weighted by Gasteiger charge is 2.31. The van der Waals surface area contributed by atoms with E-state index >= 15 is 0 Å². The standard InChI is InChI=1S/C12H15Br2NO2S/c1-15(11-4-5-18(16,17)8-11)12-6-10(14)3-2-9(12)7-13/h2-3,6,11H,4-5,7-8H2,1H3. The minimum atomic E-state index is -2.84. The van der Waals surface area contributed by atoms with E-state index < -0.39 is 9.84 Å². The maximum atomic E-state index is 11.6. The van der Waals surface area contributed by atoms with E-state index in [4.69, 9.17) is 0 Å². The van der Waals surface area contributed by atoms with E-state index in [2.05, 4.69) is 36.8 Å². The summed E-state index contributed by atoms with van der Waals surface area (Å²) in [5.41, 5.74) is 2.26. The minimum Gasteiger partial charge on any atom is -0.370 e. The van der Waals surface area contributed by atoms with Crippen molar-refractivity contribution in [3.8, 4) is 0 Å². The van der Waals surface area contributed by atoms with Crippen molar-refractivity contribution in [3.05, 3.63) is 28.2 Å². The molecule has 2 rings (SSSR count). The molecule has 0 saturated carbocycles. The van der Waals surface area contributed by atoms with Crippen LogP contribution < -0.4 is 4.90 Å². The lowest BCUT2D eigenvalue weighted by molar-refractivity contribution is 0.601. The molecule has 1 aliphatic heterocycles. The van der Waals surface area contributed by atoms with Gasteiger partial charge in [0.25, 0.3) is 0 Å². The van der Waals surface area contributed by atoms with Crippen molar-refractivity contribution >= 4 is 47.4 Å². The van der Waals surface area contributed by atoms with Crippen LogP contribution >= 0.6 is 31.9 Å². The number of nitrogens with zero attached hydrogens (tertiary/aromatic N) is 1. The molecule has 3 nitrogen and oxygen atoms in total. The fourth-order valence-corrected chi connectivity index (χ4v) is 4.85. The van der Waals surface area contributed by atoms with E-state index in [1.165, 1.54) is 5.56 Å². The van der Waals surface area contributed by atoms with Gasteiger partial charge < -0.3 is 4.90 Å². The van der Waals surface area contributed by atoms with E-state index in [-0.39, 0.29) is 11.8 Å². The van der Waals surface area contributed by atoms with E-state index in [0.29, 0.717) is 12.2 Å². The molecule has 0 spiro atoms. The van der Waals surface area contributed by atoms with Gasteiger partial charge in [-0.2, -0.15) is 0 Å². The molecule has 0 bridgehead atoms. The summed E-state index contributed by atoms with van der Waals surface area (Å²) in [4.78, 5) is 2.09. The van der Waals surface area contributed by atoms with Crippen LogP contribution in [-0.4, -0.2) is 33.0 Å². The smallest absolute Gasteiger partial charge is 0.152 e. The number of alkyl halides is 1. The molecule has 0 radical (unpaired) electrons. The lowest BCUT2D eigenvalue weighted by Crippen LogP contribution is -2.33. The molecule has 0 N–H and O–H groups in total. The van der Waals surface area contributed by atoms with Crippen LogP contribution in [0.1, 0.15) is 12.0 Å². The average molecular weight is 397 g/mol. The first-order valence-electron chi connectivity index (χ1n) is 5.70. The van der Waals surface area contributed by atoms with Crippen LogP contribution in [0.5, 0.6) is 0 Å². The Hall–Kier alpha value is -0.0700. The fourth-order valence-electron chi connectivity index (χ4n) is 2.26. The third-order valence-electron chi connectivity index (χ3n) is 3.33. The third kappa shape index (κ3) is 3.08. The maximum Gasteiger partial charge on any atom is 0.152 e. The van der Waals surface area contributed by atoms with E-state index in [9.17, 15) is 8.42 Å². The minimum absolute atomic E-state index is 0.0853. The molecule has 1 saturated heterocycles. The zero-order valence-electron chi connectivity index (χ0n) is 10.1. The molecule has 6 heteroatoms. The number of sulfone groups is 1. The van der Waals surface area contributed by atoms with Crippen LogP contribution in [-0.2, 0) is 15.2 Å². The normalized spacial score (nSPS) is 22.1. The Morgan fingerprint density at radius 1 is 1.44 bits per heavy atom. The first kappa shape index (κ1) is 14.3. The van der Waals surface area contributed by atoms with Crippen LogP contribution in [0.3, 0.4) is 0 Å². The largest absolute Gasteiger partial charge is 0.370 e.